The highest BCUT2D eigenvalue weighted by Gasteiger charge is 2.33. The SMILES string of the molecule is O=C(NC1CCCCC1CO)C1CC(c2cc(F)ccc2F)=NO1. The largest absolute Gasteiger partial charge is 0.396 e. The van der Waals surface area contributed by atoms with Gasteiger partial charge in [0.15, 0.2) is 0 Å². The molecule has 0 aromatic heterocycles. The number of benzene rings is 1. The number of halogens is 2. The lowest BCUT2D eigenvalue weighted by Gasteiger charge is -2.31. The summed E-state index contributed by atoms with van der Waals surface area (Å²) in [6.45, 7) is 0.0344. The summed E-state index contributed by atoms with van der Waals surface area (Å²) in [5.41, 5.74) is 0.228. The van der Waals surface area contributed by atoms with Gasteiger partial charge < -0.3 is 15.3 Å². The molecule has 1 aromatic rings. The molecule has 1 fully saturated rings. The van der Waals surface area contributed by atoms with Crippen molar-refractivity contribution < 1.29 is 23.5 Å². The van der Waals surface area contributed by atoms with Crippen molar-refractivity contribution in [2.24, 2.45) is 11.1 Å². The van der Waals surface area contributed by atoms with Crippen LogP contribution in [-0.2, 0) is 9.63 Å². The van der Waals surface area contributed by atoms with Crippen LogP contribution < -0.4 is 5.32 Å². The van der Waals surface area contributed by atoms with Crippen LogP contribution in [0.3, 0.4) is 0 Å². The van der Waals surface area contributed by atoms with Gasteiger partial charge in [-0.15, -0.1) is 0 Å². The van der Waals surface area contributed by atoms with Gasteiger partial charge in [-0.3, -0.25) is 4.79 Å². The molecule has 0 bridgehead atoms. The number of carbonyl (C=O) groups is 1. The zero-order chi connectivity index (χ0) is 17.1. The van der Waals surface area contributed by atoms with Gasteiger partial charge >= 0.3 is 0 Å². The van der Waals surface area contributed by atoms with Crippen molar-refractivity contribution in [3.05, 3.63) is 35.4 Å². The number of nitrogens with one attached hydrogen (secondary N) is 1. The van der Waals surface area contributed by atoms with E-state index in [1.54, 1.807) is 0 Å². The maximum atomic E-state index is 13.8. The minimum atomic E-state index is -0.857. The van der Waals surface area contributed by atoms with E-state index in [-0.39, 0.29) is 42.2 Å². The molecule has 0 saturated heterocycles. The summed E-state index contributed by atoms with van der Waals surface area (Å²) in [6.07, 6.45) is 2.97. The van der Waals surface area contributed by atoms with Crippen LogP contribution in [0.4, 0.5) is 8.78 Å². The Morgan fingerprint density at radius 2 is 2.12 bits per heavy atom. The molecule has 3 atom stereocenters. The van der Waals surface area contributed by atoms with Crippen molar-refractivity contribution in [3.63, 3.8) is 0 Å². The van der Waals surface area contributed by atoms with E-state index in [0.29, 0.717) is 0 Å². The number of hydrogen-bond acceptors (Lipinski definition) is 4. The molecule has 2 N–H and O–H groups in total. The van der Waals surface area contributed by atoms with E-state index in [9.17, 15) is 18.7 Å². The van der Waals surface area contributed by atoms with Gasteiger partial charge in [0.2, 0.25) is 6.10 Å². The van der Waals surface area contributed by atoms with Crippen LogP contribution in [0.25, 0.3) is 0 Å². The predicted molar refractivity (Wildman–Crippen MR) is 83.4 cm³/mol. The van der Waals surface area contributed by atoms with E-state index in [1.165, 1.54) is 0 Å². The second kappa shape index (κ2) is 7.25. The summed E-state index contributed by atoms with van der Waals surface area (Å²) in [6, 6.07) is 3.00. The Kier molecular flexibility index (Phi) is 5.08. The van der Waals surface area contributed by atoms with Crippen LogP contribution in [0, 0.1) is 17.6 Å². The summed E-state index contributed by atoms with van der Waals surface area (Å²) in [5.74, 6) is -1.47. The highest BCUT2D eigenvalue weighted by molar-refractivity contribution is 6.04. The summed E-state index contributed by atoms with van der Waals surface area (Å²) in [5, 5.41) is 16.0. The number of hydrogen-bond donors (Lipinski definition) is 2. The van der Waals surface area contributed by atoms with E-state index in [0.717, 1.165) is 43.9 Å². The molecule has 5 nitrogen and oxygen atoms in total. The molecule has 1 aliphatic carbocycles. The van der Waals surface area contributed by atoms with Gasteiger partial charge in [0, 0.05) is 30.6 Å². The van der Waals surface area contributed by atoms with E-state index < -0.39 is 17.7 Å². The number of nitrogens with zero attached hydrogens (tertiary/aromatic N) is 1. The third-order valence-corrected chi connectivity index (χ3v) is 4.67. The maximum Gasteiger partial charge on any atom is 0.264 e. The van der Waals surface area contributed by atoms with Gasteiger partial charge in [-0.1, -0.05) is 18.0 Å². The Bertz CT molecular complexity index is 651. The van der Waals surface area contributed by atoms with E-state index in [1.807, 2.05) is 0 Å². The summed E-state index contributed by atoms with van der Waals surface area (Å²) in [4.78, 5) is 17.5. The van der Waals surface area contributed by atoms with Gasteiger partial charge in [0.05, 0.1) is 5.71 Å². The lowest BCUT2D eigenvalue weighted by Crippen LogP contribution is -2.47. The van der Waals surface area contributed by atoms with Gasteiger partial charge in [-0.2, -0.15) is 0 Å². The van der Waals surface area contributed by atoms with Gasteiger partial charge in [0.25, 0.3) is 5.91 Å². The highest BCUT2D eigenvalue weighted by Crippen LogP contribution is 2.25. The molecular weight excluding hydrogens is 318 g/mol. The fourth-order valence-electron chi connectivity index (χ4n) is 3.29. The summed E-state index contributed by atoms with van der Waals surface area (Å²) in [7, 11) is 0. The minimum Gasteiger partial charge on any atom is -0.396 e. The van der Waals surface area contributed by atoms with Crippen LogP contribution in [-0.4, -0.2) is 35.5 Å². The number of aliphatic hydroxyl groups is 1. The zero-order valence-electron chi connectivity index (χ0n) is 13.2. The molecule has 1 saturated carbocycles. The molecule has 3 rings (SSSR count). The smallest absolute Gasteiger partial charge is 0.264 e. The third kappa shape index (κ3) is 3.56. The lowest BCUT2D eigenvalue weighted by molar-refractivity contribution is -0.132. The second-order valence-electron chi connectivity index (χ2n) is 6.30. The lowest BCUT2D eigenvalue weighted by atomic mass is 9.85. The first-order valence-corrected chi connectivity index (χ1v) is 8.18. The Morgan fingerprint density at radius 3 is 2.92 bits per heavy atom. The van der Waals surface area contributed by atoms with Crippen molar-refractivity contribution >= 4 is 11.6 Å². The topological polar surface area (TPSA) is 70.9 Å². The maximum absolute atomic E-state index is 13.8. The van der Waals surface area contributed by atoms with Crippen molar-refractivity contribution in [1.82, 2.24) is 5.32 Å². The molecular formula is C17H20F2N2O3. The molecule has 1 heterocycles. The molecule has 1 aromatic carbocycles. The van der Waals surface area contributed by atoms with E-state index in [2.05, 4.69) is 10.5 Å². The van der Waals surface area contributed by atoms with Crippen molar-refractivity contribution in [2.45, 2.75) is 44.2 Å². The molecule has 0 spiro atoms. The number of oxime groups is 1. The zero-order valence-corrected chi connectivity index (χ0v) is 13.2. The van der Waals surface area contributed by atoms with Crippen molar-refractivity contribution in [1.29, 1.82) is 0 Å². The average molecular weight is 338 g/mol. The van der Waals surface area contributed by atoms with Gasteiger partial charge in [-0.05, 0) is 31.0 Å². The Labute approximate surface area is 138 Å². The number of amides is 1. The molecule has 0 radical (unpaired) electrons. The summed E-state index contributed by atoms with van der Waals surface area (Å²) >= 11 is 0. The fourth-order valence-corrected chi connectivity index (χ4v) is 3.29. The fraction of sp³-hybridized carbons (Fsp3) is 0.529. The standard InChI is InChI=1S/C17H20F2N2O3/c18-11-5-6-13(19)12(7-11)15-8-16(24-21-15)17(23)20-14-4-2-1-3-10(14)9-22/h5-7,10,14,16,22H,1-4,8-9H2,(H,20,23). The Hall–Kier alpha value is -2.02. The van der Waals surface area contributed by atoms with Crippen LogP contribution in [0.2, 0.25) is 0 Å². The first-order chi connectivity index (χ1) is 11.6. The van der Waals surface area contributed by atoms with Crippen LogP contribution in [0.5, 0.6) is 0 Å². The van der Waals surface area contributed by atoms with Gasteiger partial charge in [-0.25, -0.2) is 8.78 Å². The first-order valence-electron chi connectivity index (χ1n) is 8.18. The first kappa shape index (κ1) is 16.8. The number of rotatable bonds is 4. The number of aliphatic hydroxyl groups excluding tert-OH is 1. The second-order valence-corrected chi connectivity index (χ2v) is 6.30. The quantitative estimate of drug-likeness (QED) is 0.883. The van der Waals surface area contributed by atoms with Gasteiger partial charge in [0.1, 0.15) is 11.6 Å². The molecule has 1 aliphatic heterocycles. The minimum absolute atomic E-state index is 0.0104. The molecule has 24 heavy (non-hydrogen) atoms. The van der Waals surface area contributed by atoms with E-state index in [4.69, 9.17) is 4.84 Å². The molecule has 130 valence electrons. The number of carbonyl (C=O) groups excluding carboxylic acids is 1. The van der Waals surface area contributed by atoms with Crippen molar-refractivity contribution in [3.8, 4) is 0 Å². The van der Waals surface area contributed by atoms with Crippen molar-refractivity contribution in [2.75, 3.05) is 6.61 Å². The van der Waals surface area contributed by atoms with E-state index >= 15 is 0 Å². The van der Waals surface area contributed by atoms with Crippen LogP contribution >= 0.6 is 0 Å². The monoisotopic (exact) mass is 338 g/mol. The molecule has 2 aliphatic rings. The normalized spacial score (nSPS) is 26.6. The van der Waals surface area contributed by atoms with Crippen LogP contribution in [0.15, 0.2) is 23.4 Å². The predicted octanol–water partition coefficient (Wildman–Crippen LogP) is 2.13. The highest BCUT2D eigenvalue weighted by atomic mass is 19.1. The Morgan fingerprint density at radius 1 is 1.33 bits per heavy atom. The summed E-state index contributed by atoms with van der Waals surface area (Å²) < 4.78 is 27.1. The average Bonchev–Trinajstić information content (AvgIpc) is 3.07. The third-order valence-electron chi connectivity index (χ3n) is 4.67. The Balaban J connectivity index is 1.62. The molecule has 1 amide bonds. The molecule has 3 unspecified atom stereocenters. The van der Waals surface area contributed by atoms with Crippen LogP contribution in [0.1, 0.15) is 37.7 Å². The molecule has 7 heteroatoms.